The summed E-state index contributed by atoms with van der Waals surface area (Å²) in [5.41, 5.74) is 1.33. The molecule has 1 N–H and O–H groups in total. The molecule has 16 heavy (non-hydrogen) atoms. The normalized spacial score (nSPS) is 10.9. The first-order valence-electron chi connectivity index (χ1n) is 6.11. The van der Waals surface area contributed by atoms with Crippen molar-refractivity contribution < 1.29 is 0 Å². The maximum Gasteiger partial charge on any atom is 0.0299 e. The van der Waals surface area contributed by atoms with Gasteiger partial charge < -0.3 is 10.2 Å². The summed E-state index contributed by atoms with van der Waals surface area (Å²) in [5.74, 6) is 0. The van der Waals surface area contributed by atoms with Gasteiger partial charge in [-0.25, -0.2) is 0 Å². The fraction of sp³-hybridized carbons (Fsp3) is 0.615. The Labute approximate surface area is 98.9 Å². The monoisotopic (exact) mass is 221 g/mol. The van der Waals surface area contributed by atoms with Gasteiger partial charge in [-0.05, 0) is 44.6 Å². The summed E-state index contributed by atoms with van der Waals surface area (Å²) in [4.78, 5) is 6.42. The largest absolute Gasteiger partial charge is 0.315 e. The Morgan fingerprint density at radius 3 is 2.94 bits per heavy atom. The van der Waals surface area contributed by atoms with Crippen molar-refractivity contribution in [3.63, 3.8) is 0 Å². The number of pyridine rings is 1. The average molecular weight is 221 g/mol. The molecule has 0 fully saturated rings. The second kappa shape index (κ2) is 8.25. The second-order valence-electron chi connectivity index (χ2n) is 4.11. The highest BCUT2D eigenvalue weighted by Gasteiger charge is 1.94. The average Bonchev–Trinajstić information content (AvgIpc) is 2.34. The van der Waals surface area contributed by atoms with E-state index in [-0.39, 0.29) is 0 Å². The Hall–Kier alpha value is -0.930. The van der Waals surface area contributed by atoms with Crippen molar-refractivity contribution >= 4 is 0 Å². The van der Waals surface area contributed by atoms with Crippen LogP contribution in [0, 0.1) is 0 Å². The number of nitrogens with one attached hydrogen (secondary N) is 1. The summed E-state index contributed by atoms with van der Waals surface area (Å²) in [5, 5.41) is 3.46. The highest BCUT2D eigenvalue weighted by atomic mass is 15.1. The van der Waals surface area contributed by atoms with Gasteiger partial charge in [0.1, 0.15) is 0 Å². The van der Waals surface area contributed by atoms with Gasteiger partial charge >= 0.3 is 0 Å². The third kappa shape index (κ3) is 5.83. The smallest absolute Gasteiger partial charge is 0.0299 e. The zero-order chi connectivity index (χ0) is 11.6. The van der Waals surface area contributed by atoms with Crippen LogP contribution in [0.25, 0.3) is 0 Å². The molecule has 90 valence electrons. The minimum atomic E-state index is 1.08. The fourth-order valence-electron chi connectivity index (χ4n) is 1.52. The summed E-state index contributed by atoms with van der Waals surface area (Å²) in [6.45, 7) is 6.60. The summed E-state index contributed by atoms with van der Waals surface area (Å²) >= 11 is 0. The molecule has 0 aromatic carbocycles. The van der Waals surface area contributed by atoms with Gasteiger partial charge in [0.15, 0.2) is 0 Å². The van der Waals surface area contributed by atoms with E-state index in [1.54, 1.807) is 0 Å². The fourth-order valence-corrected chi connectivity index (χ4v) is 1.52. The third-order valence-electron chi connectivity index (χ3n) is 2.75. The Balaban J connectivity index is 1.96. The minimum Gasteiger partial charge on any atom is -0.315 e. The summed E-state index contributed by atoms with van der Waals surface area (Å²) in [6, 6.07) is 4.14. The van der Waals surface area contributed by atoms with Gasteiger partial charge in [0.2, 0.25) is 0 Å². The van der Waals surface area contributed by atoms with Gasteiger partial charge in [-0.15, -0.1) is 0 Å². The van der Waals surface area contributed by atoms with Crippen LogP contribution in [0.2, 0.25) is 0 Å². The molecule has 0 aliphatic carbocycles. The zero-order valence-corrected chi connectivity index (χ0v) is 10.4. The van der Waals surface area contributed by atoms with E-state index in [1.807, 2.05) is 18.5 Å². The van der Waals surface area contributed by atoms with Gasteiger partial charge in [-0.2, -0.15) is 0 Å². The first-order valence-corrected chi connectivity index (χ1v) is 6.11. The number of aromatic nitrogens is 1. The molecule has 0 spiro atoms. The predicted octanol–water partition coefficient (Wildman–Crippen LogP) is 1.56. The minimum absolute atomic E-state index is 1.08. The van der Waals surface area contributed by atoms with Gasteiger partial charge in [0, 0.05) is 25.5 Å². The molecular formula is C13H23N3. The molecule has 1 aromatic heterocycles. The molecule has 0 saturated carbocycles. The molecule has 0 radical (unpaired) electrons. The lowest BCUT2D eigenvalue weighted by Gasteiger charge is -2.13. The van der Waals surface area contributed by atoms with E-state index in [4.69, 9.17) is 0 Å². The lowest BCUT2D eigenvalue weighted by molar-refractivity contribution is 0.349. The van der Waals surface area contributed by atoms with Crippen molar-refractivity contribution in [3.05, 3.63) is 30.1 Å². The van der Waals surface area contributed by atoms with Gasteiger partial charge in [-0.1, -0.05) is 13.0 Å². The van der Waals surface area contributed by atoms with Gasteiger partial charge in [0.05, 0.1) is 0 Å². The van der Waals surface area contributed by atoms with Crippen LogP contribution < -0.4 is 5.32 Å². The lowest BCUT2D eigenvalue weighted by atomic mass is 10.1. The van der Waals surface area contributed by atoms with Crippen LogP contribution in [0.4, 0.5) is 0 Å². The van der Waals surface area contributed by atoms with E-state index in [2.05, 4.69) is 35.2 Å². The molecule has 0 unspecified atom stereocenters. The van der Waals surface area contributed by atoms with Crippen LogP contribution in [0.15, 0.2) is 24.5 Å². The molecule has 0 amide bonds. The number of hydrogen-bond donors (Lipinski definition) is 1. The van der Waals surface area contributed by atoms with Gasteiger partial charge in [-0.3, -0.25) is 4.98 Å². The summed E-state index contributed by atoms with van der Waals surface area (Å²) < 4.78 is 0. The first-order chi connectivity index (χ1) is 7.83. The molecule has 1 rings (SSSR count). The van der Waals surface area contributed by atoms with Crippen molar-refractivity contribution in [2.45, 2.75) is 19.8 Å². The number of hydrogen-bond acceptors (Lipinski definition) is 3. The topological polar surface area (TPSA) is 28.2 Å². The van der Waals surface area contributed by atoms with Crippen LogP contribution in [-0.4, -0.2) is 43.1 Å². The van der Waals surface area contributed by atoms with Crippen LogP contribution in [0.3, 0.4) is 0 Å². The Bertz CT molecular complexity index is 261. The number of likely N-dealkylation sites (N-methyl/N-ethyl adjacent to an activating group) is 1. The van der Waals surface area contributed by atoms with Crippen LogP contribution >= 0.6 is 0 Å². The van der Waals surface area contributed by atoms with E-state index in [0.29, 0.717) is 0 Å². The summed E-state index contributed by atoms with van der Waals surface area (Å²) in [7, 11) is 2.15. The van der Waals surface area contributed by atoms with Crippen molar-refractivity contribution in [3.8, 4) is 0 Å². The van der Waals surface area contributed by atoms with E-state index in [1.165, 1.54) is 12.0 Å². The molecule has 0 bridgehead atoms. The molecular weight excluding hydrogens is 198 g/mol. The first kappa shape index (κ1) is 13.1. The highest BCUT2D eigenvalue weighted by Crippen LogP contribution is 1.98. The maximum absolute atomic E-state index is 4.11. The Morgan fingerprint density at radius 1 is 1.38 bits per heavy atom. The second-order valence-corrected chi connectivity index (χ2v) is 4.11. The molecule has 3 nitrogen and oxygen atoms in total. The van der Waals surface area contributed by atoms with Crippen molar-refractivity contribution in [1.29, 1.82) is 0 Å². The van der Waals surface area contributed by atoms with Crippen LogP contribution in [0.1, 0.15) is 18.9 Å². The quantitative estimate of drug-likeness (QED) is 0.675. The summed E-state index contributed by atoms with van der Waals surface area (Å²) in [6.07, 6.45) is 6.07. The SMILES string of the molecule is CCN(C)CCNCCCc1cccnc1. The van der Waals surface area contributed by atoms with E-state index < -0.39 is 0 Å². The van der Waals surface area contributed by atoms with E-state index >= 15 is 0 Å². The zero-order valence-electron chi connectivity index (χ0n) is 10.4. The lowest BCUT2D eigenvalue weighted by Crippen LogP contribution is -2.29. The highest BCUT2D eigenvalue weighted by molar-refractivity contribution is 5.08. The predicted molar refractivity (Wildman–Crippen MR) is 68.6 cm³/mol. The van der Waals surface area contributed by atoms with Crippen LogP contribution in [0.5, 0.6) is 0 Å². The van der Waals surface area contributed by atoms with Gasteiger partial charge in [0.25, 0.3) is 0 Å². The molecule has 1 aromatic rings. The molecule has 0 saturated heterocycles. The van der Waals surface area contributed by atoms with Crippen molar-refractivity contribution in [2.24, 2.45) is 0 Å². The van der Waals surface area contributed by atoms with E-state index in [0.717, 1.165) is 32.6 Å². The standard InChI is InChI=1S/C13H23N3/c1-3-16(2)11-10-14-8-4-6-13-7-5-9-15-12-13/h5,7,9,12,14H,3-4,6,8,10-11H2,1-2H3. The molecule has 3 heteroatoms. The third-order valence-corrected chi connectivity index (χ3v) is 2.75. The van der Waals surface area contributed by atoms with Crippen molar-refractivity contribution in [1.82, 2.24) is 15.2 Å². The number of aryl methyl sites for hydroxylation is 1. The Kier molecular flexibility index (Phi) is 6.77. The van der Waals surface area contributed by atoms with E-state index in [9.17, 15) is 0 Å². The van der Waals surface area contributed by atoms with Crippen molar-refractivity contribution in [2.75, 3.05) is 33.2 Å². The number of rotatable bonds is 8. The maximum atomic E-state index is 4.11. The Morgan fingerprint density at radius 2 is 2.25 bits per heavy atom. The molecule has 0 atom stereocenters. The van der Waals surface area contributed by atoms with Crippen LogP contribution in [-0.2, 0) is 6.42 Å². The molecule has 0 aliphatic rings. The molecule has 1 heterocycles. The number of nitrogens with zero attached hydrogens (tertiary/aromatic N) is 2. The molecule has 0 aliphatic heterocycles.